The lowest BCUT2D eigenvalue weighted by Gasteiger charge is -2.17. The van der Waals surface area contributed by atoms with Gasteiger partial charge in [-0.1, -0.05) is 49.4 Å². The highest BCUT2D eigenvalue weighted by molar-refractivity contribution is 6.21. The zero-order chi connectivity index (χ0) is 17.1. The fraction of sp³-hybridized carbons (Fsp3) is 0.300. The normalized spacial score (nSPS) is 18.9. The Morgan fingerprint density at radius 1 is 1.08 bits per heavy atom. The third-order valence-electron chi connectivity index (χ3n) is 4.63. The molecule has 1 aliphatic heterocycles. The first-order valence-electron chi connectivity index (χ1n) is 8.45. The fourth-order valence-electron chi connectivity index (χ4n) is 3.17. The summed E-state index contributed by atoms with van der Waals surface area (Å²) in [6.45, 7) is 4.14. The zero-order valence-corrected chi connectivity index (χ0v) is 14.1. The highest BCUT2D eigenvalue weighted by Crippen LogP contribution is 2.22. The Labute approximate surface area is 142 Å². The molecule has 2 aromatic rings. The molecule has 2 atom stereocenters. The summed E-state index contributed by atoms with van der Waals surface area (Å²) in [5.41, 5.74) is 3.02. The number of aryl methyl sites for hydroxylation is 1. The van der Waals surface area contributed by atoms with E-state index in [0.717, 1.165) is 12.0 Å². The summed E-state index contributed by atoms with van der Waals surface area (Å²) in [4.78, 5) is 26.4. The molecule has 3 rings (SSSR count). The number of rotatable bonds is 5. The van der Waals surface area contributed by atoms with Crippen LogP contribution in [0.2, 0.25) is 0 Å². The molecule has 2 aromatic carbocycles. The van der Waals surface area contributed by atoms with Crippen molar-refractivity contribution in [3.8, 4) is 0 Å². The molecule has 1 saturated heterocycles. The van der Waals surface area contributed by atoms with Crippen LogP contribution in [0.25, 0.3) is 0 Å². The number of carbonyl (C=O) groups excluding carboxylic acids is 2. The third-order valence-corrected chi connectivity index (χ3v) is 4.63. The van der Waals surface area contributed by atoms with Crippen molar-refractivity contribution >= 4 is 17.5 Å². The minimum absolute atomic E-state index is 0.118. The van der Waals surface area contributed by atoms with Crippen molar-refractivity contribution in [1.82, 2.24) is 0 Å². The number of hydrogen-bond acceptors (Lipinski definition) is 2. The van der Waals surface area contributed by atoms with Crippen molar-refractivity contribution in [3.05, 3.63) is 65.7 Å². The van der Waals surface area contributed by atoms with Gasteiger partial charge in [-0.3, -0.25) is 9.59 Å². The van der Waals surface area contributed by atoms with Gasteiger partial charge in [-0.2, -0.15) is 0 Å². The van der Waals surface area contributed by atoms with E-state index in [2.05, 4.69) is 13.8 Å². The number of quaternary nitrogens is 1. The summed E-state index contributed by atoms with van der Waals surface area (Å²) >= 11 is 0. The van der Waals surface area contributed by atoms with Crippen LogP contribution in [0.4, 0.5) is 5.69 Å². The molecule has 2 N–H and O–H groups in total. The molecule has 0 unspecified atom stereocenters. The average molecular weight is 323 g/mol. The van der Waals surface area contributed by atoms with E-state index >= 15 is 0 Å². The Morgan fingerprint density at radius 3 is 2.38 bits per heavy atom. The average Bonchev–Trinajstić information content (AvgIpc) is 2.89. The highest BCUT2D eigenvalue weighted by atomic mass is 16.2. The molecular formula is C20H23N2O2+. The van der Waals surface area contributed by atoms with Gasteiger partial charge < -0.3 is 5.32 Å². The van der Waals surface area contributed by atoms with E-state index in [-0.39, 0.29) is 30.3 Å². The van der Waals surface area contributed by atoms with Gasteiger partial charge in [0.2, 0.25) is 5.91 Å². The van der Waals surface area contributed by atoms with Gasteiger partial charge in [0.15, 0.2) is 6.04 Å². The summed E-state index contributed by atoms with van der Waals surface area (Å²) in [6, 6.07) is 17.5. The molecule has 0 saturated carbocycles. The van der Waals surface area contributed by atoms with Crippen molar-refractivity contribution in [2.75, 3.05) is 4.90 Å². The quantitative estimate of drug-likeness (QED) is 0.858. The number of hydrogen-bond donors (Lipinski definition) is 1. The van der Waals surface area contributed by atoms with Gasteiger partial charge in [0, 0.05) is 5.56 Å². The lowest BCUT2D eigenvalue weighted by molar-refractivity contribution is -0.711. The predicted octanol–water partition coefficient (Wildman–Crippen LogP) is 2.21. The smallest absolute Gasteiger partial charge is 0.292 e. The van der Waals surface area contributed by atoms with Crippen LogP contribution >= 0.6 is 0 Å². The van der Waals surface area contributed by atoms with Crippen molar-refractivity contribution in [2.45, 2.75) is 38.8 Å². The molecule has 1 fully saturated rings. The molecule has 0 aromatic heterocycles. The van der Waals surface area contributed by atoms with Crippen LogP contribution in [0, 0.1) is 0 Å². The minimum atomic E-state index is -0.349. The molecule has 0 spiro atoms. The Kier molecular flexibility index (Phi) is 4.76. The van der Waals surface area contributed by atoms with Crippen LogP contribution in [0.5, 0.6) is 0 Å². The maximum Gasteiger partial charge on any atom is 0.292 e. The molecule has 4 heteroatoms. The molecule has 1 aliphatic rings. The van der Waals surface area contributed by atoms with Gasteiger partial charge in [0.05, 0.1) is 12.1 Å². The molecule has 124 valence electrons. The molecule has 1 heterocycles. The standard InChI is InChI=1S/C20H22N2O2/c1-3-15-9-11-17(12-10-15)22-19(23)13-18(20(22)24)21-14(2)16-7-5-4-6-8-16/h4-12,14,18,21H,3,13H2,1-2H3/p+1/t14-,18-/m1/s1. The summed E-state index contributed by atoms with van der Waals surface area (Å²) in [5.74, 6) is -0.238. The van der Waals surface area contributed by atoms with Crippen LogP contribution < -0.4 is 10.2 Å². The number of amides is 2. The van der Waals surface area contributed by atoms with E-state index in [1.807, 2.05) is 59.9 Å². The molecule has 24 heavy (non-hydrogen) atoms. The van der Waals surface area contributed by atoms with E-state index < -0.39 is 0 Å². The van der Waals surface area contributed by atoms with Crippen molar-refractivity contribution in [1.29, 1.82) is 0 Å². The first-order valence-corrected chi connectivity index (χ1v) is 8.45. The Bertz CT molecular complexity index is 725. The van der Waals surface area contributed by atoms with Crippen LogP contribution in [0.3, 0.4) is 0 Å². The van der Waals surface area contributed by atoms with Gasteiger partial charge in [-0.25, -0.2) is 4.90 Å². The molecule has 0 bridgehead atoms. The number of benzene rings is 2. The monoisotopic (exact) mass is 323 g/mol. The van der Waals surface area contributed by atoms with Gasteiger partial charge in [-0.15, -0.1) is 0 Å². The SMILES string of the molecule is CCc1ccc(N2C(=O)C[C@@H]([NH2+][C@H](C)c3ccccc3)C2=O)cc1. The van der Waals surface area contributed by atoms with Crippen molar-refractivity contribution < 1.29 is 14.9 Å². The zero-order valence-electron chi connectivity index (χ0n) is 14.1. The number of carbonyl (C=O) groups is 2. The van der Waals surface area contributed by atoms with Crippen molar-refractivity contribution in [3.63, 3.8) is 0 Å². The second kappa shape index (κ2) is 6.97. The fourth-order valence-corrected chi connectivity index (χ4v) is 3.17. The van der Waals surface area contributed by atoms with Crippen molar-refractivity contribution in [2.24, 2.45) is 0 Å². The number of anilines is 1. The van der Waals surface area contributed by atoms with E-state index in [4.69, 9.17) is 0 Å². The topological polar surface area (TPSA) is 54.0 Å². The van der Waals surface area contributed by atoms with Crippen LogP contribution in [-0.2, 0) is 16.0 Å². The first kappa shape index (κ1) is 16.4. The lowest BCUT2D eigenvalue weighted by atomic mass is 10.1. The molecule has 0 radical (unpaired) electrons. The summed E-state index contributed by atoms with van der Waals surface area (Å²) < 4.78 is 0. The highest BCUT2D eigenvalue weighted by Gasteiger charge is 2.43. The maximum atomic E-state index is 12.7. The number of nitrogens with zero attached hydrogens (tertiary/aromatic N) is 1. The second-order valence-electron chi connectivity index (χ2n) is 6.29. The van der Waals surface area contributed by atoms with Gasteiger partial charge in [-0.05, 0) is 31.0 Å². The summed E-state index contributed by atoms with van der Waals surface area (Å²) in [7, 11) is 0. The first-order chi connectivity index (χ1) is 11.6. The van der Waals surface area contributed by atoms with Crippen LogP contribution in [0.15, 0.2) is 54.6 Å². The Hall–Kier alpha value is -2.46. The number of nitrogens with two attached hydrogens (primary N) is 1. The van der Waals surface area contributed by atoms with Crippen LogP contribution in [-0.4, -0.2) is 17.9 Å². The van der Waals surface area contributed by atoms with Gasteiger partial charge in [0.25, 0.3) is 5.91 Å². The van der Waals surface area contributed by atoms with Gasteiger partial charge in [0.1, 0.15) is 6.04 Å². The largest absolute Gasteiger partial charge is 0.330 e. The summed E-state index contributed by atoms with van der Waals surface area (Å²) in [6.07, 6.45) is 1.19. The van der Waals surface area contributed by atoms with E-state index in [9.17, 15) is 9.59 Å². The molecular weight excluding hydrogens is 300 g/mol. The Balaban J connectivity index is 1.74. The third kappa shape index (κ3) is 3.24. The number of imide groups is 1. The van der Waals surface area contributed by atoms with E-state index in [0.29, 0.717) is 5.69 Å². The maximum absolute atomic E-state index is 12.7. The second-order valence-corrected chi connectivity index (χ2v) is 6.29. The minimum Gasteiger partial charge on any atom is -0.330 e. The summed E-state index contributed by atoms with van der Waals surface area (Å²) in [5, 5.41) is 2.00. The van der Waals surface area contributed by atoms with Crippen LogP contribution in [0.1, 0.15) is 37.4 Å². The van der Waals surface area contributed by atoms with E-state index in [1.165, 1.54) is 10.5 Å². The molecule has 4 nitrogen and oxygen atoms in total. The molecule has 0 aliphatic carbocycles. The lowest BCUT2D eigenvalue weighted by Crippen LogP contribution is -2.91. The molecule has 2 amide bonds. The predicted molar refractivity (Wildman–Crippen MR) is 93.5 cm³/mol. The van der Waals surface area contributed by atoms with Gasteiger partial charge >= 0.3 is 0 Å². The van der Waals surface area contributed by atoms with E-state index in [1.54, 1.807) is 0 Å². The Morgan fingerprint density at radius 2 is 1.75 bits per heavy atom.